The van der Waals surface area contributed by atoms with Crippen LogP contribution >= 0.6 is 0 Å². The third-order valence-electron chi connectivity index (χ3n) is 4.69. The zero-order valence-electron chi connectivity index (χ0n) is 17.1. The molecule has 0 bridgehead atoms. The molecule has 2 aromatic heterocycles. The average molecular weight is 395 g/mol. The maximum Gasteiger partial charge on any atom is 0.323 e. The van der Waals surface area contributed by atoms with Crippen LogP contribution in [0.2, 0.25) is 0 Å². The van der Waals surface area contributed by atoms with E-state index in [0.717, 1.165) is 28.9 Å². The van der Waals surface area contributed by atoms with E-state index in [0.29, 0.717) is 24.7 Å². The van der Waals surface area contributed by atoms with Crippen molar-refractivity contribution in [3.63, 3.8) is 0 Å². The number of aromatic nitrogens is 4. The lowest BCUT2D eigenvalue weighted by molar-refractivity contribution is -0.157. The maximum absolute atomic E-state index is 12.4. The molecule has 1 aromatic carbocycles. The van der Waals surface area contributed by atoms with Gasteiger partial charge in [0.1, 0.15) is 11.6 Å². The summed E-state index contributed by atoms with van der Waals surface area (Å²) < 4.78 is 12.6. The lowest BCUT2D eigenvalue weighted by Gasteiger charge is -2.23. The fraction of sp³-hybridized carbons (Fsp3) is 0.429. The Kier molecular flexibility index (Phi) is 4.96. The van der Waals surface area contributed by atoms with Crippen LogP contribution in [0.4, 0.5) is 0 Å². The molecule has 29 heavy (non-hydrogen) atoms. The van der Waals surface area contributed by atoms with Crippen LogP contribution in [-0.2, 0) is 22.5 Å². The molecular formula is C21H25N5O3. The van der Waals surface area contributed by atoms with Crippen molar-refractivity contribution in [2.24, 2.45) is 0 Å². The number of carbonyl (C=O) groups is 1. The number of rotatable bonds is 3. The van der Waals surface area contributed by atoms with Gasteiger partial charge in [-0.3, -0.25) is 10.1 Å². The van der Waals surface area contributed by atoms with Crippen LogP contribution in [0.25, 0.3) is 17.1 Å². The number of benzene rings is 1. The van der Waals surface area contributed by atoms with Gasteiger partial charge in [-0.2, -0.15) is 10.1 Å². The van der Waals surface area contributed by atoms with Gasteiger partial charge in [0.2, 0.25) is 0 Å². The Hall–Kier alpha value is -3.00. The summed E-state index contributed by atoms with van der Waals surface area (Å²) in [6.07, 6.45) is 3.48. The number of hydrogen-bond acceptors (Lipinski definition) is 7. The van der Waals surface area contributed by atoms with Crippen LogP contribution in [0.1, 0.15) is 44.3 Å². The molecule has 0 saturated heterocycles. The molecule has 0 fully saturated rings. The highest BCUT2D eigenvalue weighted by atomic mass is 16.6. The standard InChI is InChI=1S/C21H25N5O3/c1-13-23-19(29-25-13)14-5-8-16(9-6-14)26-12-15-7-10-17(22-11-18(15)24-26)20(27)28-21(2,3)4/h5-6,8-9,12,17,22H,7,10-11H2,1-4H3. The lowest BCUT2D eigenvalue weighted by Crippen LogP contribution is -2.40. The van der Waals surface area contributed by atoms with Crippen molar-refractivity contribution in [2.45, 2.75) is 58.7 Å². The lowest BCUT2D eigenvalue weighted by atomic mass is 10.1. The van der Waals surface area contributed by atoms with E-state index in [1.165, 1.54) is 0 Å². The Morgan fingerprint density at radius 2 is 2.03 bits per heavy atom. The molecule has 0 radical (unpaired) electrons. The summed E-state index contributed by atoms with van der Waals surface area (Å²) in [5.74, 6) is 0.905. The molecule has 8 nitrogen and oxygen atoms in total. The molecule has 0 aliphatic carbocycles. The summed E-state index contributed by atoms with van der Waals surface area (Å²) >= 11 is 0. The molecule has 1 atom stereocenters. The van der Waals surface area contributed by atoms with Crippen molar-refractivity contribution >= 4 is 5.97 Å². The van der Waals surface area contributed by atoms with Gasteiger partial charge in [0.05, 0.1) is 11.4 Å². The van der Waals surface area contributed by atoms with Gasteiger partial charge in [-0.15, -0.1) is 0 Å². The van der Waals surface area contributed by atoms with Crippen LogP contribution < -0.4 is 5.32 Å². The molecule has 1 unspecified atom stereocenters. The Labute approximate surface area is 169 Å². The minimum Gasteiger partial charge on any atom is -0.459 e. The van der Waals surface area contributed by atoms with Gasteiger partial charge in [0.25, 0.3) is 5.89 Å². The number of hydrogen-bond donors (Lipinski definition) is 1. The third kappa shape index (κ3) is 4.37. The van der Waals surface area contributed by atoms with Gasteiger partial charge in [-0.25, -0.2) is 4.68 Å². The number of nitrogens with zero attached hydrogens (tertiary/aromatic N) is 4. The Morgan fingerprint density at radius 1 is 1.28 bits per heavy atom. The first kappa shape index (κ1) is 19.3. The summed E-state index contributed by atoms with van der Waals surface area (Å²) in [6, 6.07) is 7.50. The van der Waals surface area contributed by atoms with E-state index in [1.807, 2.05) is 55.9 Å². The molecular weight excluding hydrogens is 370 g/mol. The molecule has 152 valence electrons. The van der Waals surface area contributed by atoms with E-state index < -0.39 is 5.60 Å². The minimum absolute atomic E-state index is 0.206. The van der Waals surface area contributed by atoms with Crippen molar-refractivity contribution in [1.29, 1.82) is 0 Å². The second kappa shape index (κ2) is 7.44. The molecule has 8 heteroatoms. The number of carbonyl (C=O) groups excluding carboxylic acids is 1. The van der Waals surface area contributed by atoms with E-state index in [9.17, 15) is 4.79 Å². The summed E-state index contributed by atoms with van der Waals surface area (Å²) in [6.45, 7) is 7.97. The van der Waals surface area contributed by atoms with Gasteiger partial charge in [-0.1, -0.05) is 5.16 Å². The topological polar surface area (TPSA) is 95.1 Å². The van der Waals surface area contributed by atoms with Crippen LogP contribution in [-0.4, -0.2) is 37.5 Å². The number of esters is 1. The summed E-state index contributed by atoms with van der Waals surface area (Å²) in [5.41, 5.74) is 3.42. The van der Waals surface area contributed by atoms with Gasteiger partial charge in [-0.05, 0) is 70.4 Å². The quantitative estimate of drug-likeness (QED) is 0.681. The van der Waals surface area contributed by atoms with E-state index in [-0.39, 0.29) is 12.0 Å². The molecule has 3 aromatic rings. The third-order valence-corrected chi connectivity index (χ3v) is 4.69. The van der Waals surface area contributed by atoms with Crippen LogP contribution in [0.15, 0.2) is 35.0 Å². The van der Waals surface area contributed by atoms with Crippen molar-refractivity contribution in [1.82, 2.24) is 25.2 Å². The fourth-order valence-corrected chi connectivity index (χ4v) is 3.30. The SMILES string of the molecule is Cc1noc(-c2ccc(-n3cc4c(n3)CNC(C(=O)OC(C)(C)C)CC4)cc2)n1. The highest BCUT2D eigenvalue weighted by Gasteiger charge is 2.28. The fourth-order valence-electron chi connectivity index (χ4n) is 3.30. The van der Waals surface area contributed by atoms with Crippen LogP contribution in [0, 0.1) is 6.92 Å². The van der Waals surface area contributed by atoms with Gasteiger partial charge in [0.15, 0.2) is 5.82 Å². The number of aryl methyl sites for hydroxylation is 2. The Morgan fingerprint density at radius 3 is 2.69 bits per heavy atom. The predicted molar refractivity (Wildman–Crippen MR) is 106 cm³/mol. The van der Waals surface area contributed by atoms with E-state index in [1.54, 1.807) is 6.92 Å². The maximum atomic E-state index is 12.4. The van der Waals surface area contributed by atoms with E-state index >= 15 is 0 Å². The molecule has 1 aliphatic heterocycles. The molecule has 1 aliphatic rings. The smallest absolute Gasteiger partial charge is 0.323 e. The minimum atomic E-state index is -0.486. The second-order valence-electron chi connectivity index (χ2n) is 8.24. The van der Waals surface area contributed by atoms with Crippen LogP contribution in [0.5, 0.6) is 0 Å². The molecule has 0 saturated carbocycles. The number of fused-ring (bicyclic) bond motifs is 1. The second-order valence-corrected chi connectivity index (χ2v) is 8.24. The number of ether oxygens (including phenoxy) is 1. The van der Waals surface area contributed by atoms with Crippen LogP contribution in [0.3, 0.4) is 0 Å². The average Bonchev–Trinajstić information content (AvgIpc) is 3.22. The zero-order chi connectivity index (χ0) is 20.6. The summed E-state index contributed by atoms with van der Waals surface area (Å²) in [5, 5.41) is 11.8. The molecule has 3 heterocycles. The normalized spacial score (nSPS) is 16.9. The summed E-state index contributed by atoms with van der Waals surface area (Å²) in [4.78, 5) is 16.6. The molecule has 0 amide bonds. The highest BCUT2D eigenvalue weighted by Crippen LogP contribution is 2.22. The molecule has 4 rings (SSSR count). The molecule has 1 N–H and O–H groups in total. The van der Waals surface area contributed by atoms with E-state index in [2.05, 4.69) is 15.5 Å². The first-order chi connectivity index (χ1) is 13.8. The van der Waals surface area contributed by atoms with Gasteiger partial charge >= 0.3 is 5.97 Å². The summed E-state index contributed by atoms with van der Waals surface area (Å²) in [7, 11) is 0. The van der Waals surface area contributed by atoms with Crippen molar-refractivity contribution in [2.75, 3.05) is 0 Å². The Balaban J connectivity index is 1.46. The highest BCUT2D eigenvalue weighted by molar-refractivity contribution is 5.76. The monoisotopic (exact) mass is 395 g/mol. The van der Waals surface area contributed by atoms with Crippen molar-refractivity contribution in [3.8, 4) is 17.1 Å². The predicted octanol–water partition coefficient (Wildman–Crippen LogP) is 2.98. The Bertz CT molecular complexity index is 988. The van der Waals surface area contributed by atoms with Gasteiger partial charge in [0, 0.05) is 18.3 Å². The first-order valence-electron chi connectivity index (χ1n) is 9.73. The molecule has 0 spiro atoms. The first-order valence-corrected chi connectivity index (χ1v) is 9.73. The van der Waals surface area contributed by atoms with E-state index in [4.69, 9.17) is 14.4 Å². The van der Waals surface area contributed by atoms with Crippen molar-refractivity contribution in [3.05, 3.63) is 47.5 Å². The van der Waals surface area contributed by atoms with Crippen molar-refractivity contribution < 1.29 is 14.1 Å². The van der Waals surface area contributed by atoms with Gasteiger partial charge < -0.3 is 9.26 Å². The number of nitrogens with one attached hydrogen (secondary N) is 1. The largest absolute Gasteiger partial charge is 0.459 e. The zero-order valence-corrected chi connectivity index (χ0v) is 17.1.